The van der Waals surface area contributed by atoms with Crippen LogP contribution in [0.2, 0.25) is 0 Å². The van der Waals surface area contributed by atoms with Gasteiger partial charge in [-0.3, -0.25) is 0 Å². The number of hydrogen-bond donors (Lipinski definition) is 0. The first-order chi connectivity index (χ1) is 18.7. The van der Waals surface area contributed by atoms with Gasteiger partial charge in [0.15, 0.2) is 5.82 Å². The van der Waals surface area contributed by atoms with Gasteiger partial charge in [0, 0.05) is 40.9 Å². The minimum atomic E-state index is -1.08. The Labute approximate surface area is 235 Å². The van der Waals surface area contributed by atoms with E-state index < -0.39 is 5.97 Å². The van der Waals surface area contributed by atoms with Gasteiger partial charge in [0.05, 0.1) is 32.9 Å². The lowest BCUT2D eigenvalue weighted by atomic mass is 10.1. The van der Waals surface area contributed by atoms with Crippen molar-refractivity contribution in [1.82, 2.24) is 9.36 Å². The molecule has 0 aliphatic heterocycles. The first-order valence-electron chi connectivity index (χ1n) is 12.9. The van der Waals surface area contributed by atoms with Crippen LogP contribution in [0.15, 0.2) is 89.1 Å². The van der Waals surface area contributed by atoms with Gasteiger partial charge in [0.2, 0.25) is 5.13 Å². The van der Waals surface area contributed by atoms with Crippen molar-refractivity contribution < 1.29 is 14.4 Å². The predicted octanol–water partition coefficient (Wildman–Crippen LogP) is 5.79. The van der Waals surface area contributed by atoms with E-state index in [1.807, 2.05) is 36.4 Å². The van der Waals surface area contributed by atoms with Gasteiger partial charge in [0.1, 0.15) is 6.54 Å². The Bertz CT molecular complexity index is 1350. The monoisotopic (exact) mass is 544 g/mol. The highest BCUT2D eigenvalue weighted by atomic mass is 32.1. The number of likely N-dealkylation sites (N-methyl/N-ethyl adjacent to an activating group) is 2. The Balaban J connectivity index is 0.000000983. The second-order valence-electron chi connectivity index (χ2n) is 9.81. The van der Waals surface area contributed by atoms with Crippen LogP contribution >= 0.6 is 11.5 Å². The van der Waals surface area contributed by atoms with Gasteiger partial charge in [0.25, 0.3) is 0 Å². The van der Waals surface area contributed by atoms with Crippen LogP contribution in [0.25, 0.3) is 11.4 Å². The van der Waals surface area contributed by atoms with Crippen molar-refractivity contribution in [2.75, 3.05) is 38.6 Å². The van der Waals surface area contributed by atoms with Gasteiger partial charge in [-0.1, -0.05) is 60.7 Å². The summed E-state index contributed by atoms with van der Waals surface area (Å²) in [6.45, 7) is 9.29. The Kier molecular flexibility index (Phi) is 10.8. The van der Waals surface area contributed by atoms with Crippen molar-refractivity contribution in [2.24, 2.45) is 10.2 Å². The number of carbonyl (C=O) groups is 1. The van der Waals surface area contributed by atoms with Crippen molar-refractivity contribution in [3.63, 3.8) is 0 Å². The normalized spacial score (nSPS) is 11.2. The van der Waals surface area contributed by atoms with E-state index in [1.54, 1.807) is 0 Å². The molecule has 0 unspecified atom stereocenters. The zero-order valence-corrected chi connectivity index (χ0v) is 24.1. The third-order valence-electron chi connectivity index (χ3n) is 6.05. The first kappa shape index (κ1) is 29.6. The number of azo groups is 1. The summed E-state index contributed by atoms with van der Waals surface area (Å²) >= 11 is 1.26. The van der Waals surface area contributed by atoms with Crippen molar-refractivity contribution in [3.8, 4) is 11.4 Å². The summed E-state index contributed by atoms with van der Waals surface area (Å²) in [4.78, 5) is 15.8. The summed E-state index contributed by atoms with van der Waals surface area (Å²) in [6, 6.07) is 27.0. The molecule has 0 fully saturated rings. The lowest BCUT2D eigenvalue weighted by Crippen LogP contribution is -2.44. The highest BCUT2D eigenvalue weighted by Gasteiger charge is 2.18. The summed E-state index contributed by atoms with van der Waals surface area (Å²) in [5, 5.41) is 18.2. The molecular formula is C30H36N6O2S. The molecule has 4 aromatic rings. The molecule has 4 rings (SSSR count). The van der Waals surface area contributed by atoms with E-state index >= 15 is 0 Å². The largest absolute Gasteiger partial charge is 0.550 e. The van der Waals surface area contributed by atoms with E-state index in [1.165, 1.54) is 22.8 Å². The van der Waals surface area contributed by atoms with Gasteiger partial charge in [-0.25, -0.2) is 0 Å². The molecule has 0 bridgehead atoms. The van der Waals surface area contributed by atoms with Crippen LogP contribution < -0.4 is 10.0 Å². The molecule has 0 aliphatic carbocycles. The zero-order chi connectivity index (χ0) is 28.3. The summed E-state index contributed by atoms with van der Waals surface area (Å²) < 4.78 is 5.35. The van der Waals surface area contributed by atoms with E-state index in [9.17, 15) is 0 Å². The molecule has 0 saturated carbocycles. The Morgan fingerprint density at radius 1 is 1.00 bits per heavy atom. The van der Waals surface area contributed by atoms with Gasteiger partial charge in [-0.2, -0.15) is 9.36 Å². The number of hydrogen-bond acceptors (Lipinski definition) is 8. The minimum Gasteiger partial charge on any atom is -0.550 e. The standard InChI is InChI=1S/C28H33N6S.C2H4O2/c1-5-33(18-19-34(3,4)21-23-12-8-6-9-13-23)25-16-17-26(22(2)20-25)30-31-28-29-27(32-35-28)24-14-10-7-11-15-24;1-2(3)4/h6-17,20H,5,18-19,21H2,1-4H3;1H3,(H,3,4)/q+1;/p-1. The second kappa shape index (κ2) is 14.3. The van der Waals surface area contributed by atoms with E-state index in [-0.39, 0.29) is 0 Å². The first-order valence-corrected chi connectivity index (χ1v) is 13.6. The average molecular weight is 545 g/mol. The Morgan fingerprint density at radius 3 is 2.26 bits per heavy atom. The topological polar surface area (TPSA) is 93.9 Å². The Hall–Kier alpha value is -3.95. The SMILES string of the molecule is CC(=O)[O-].CCN(CC[N+](C)(C)Cc1ccccc1)c1ccc(N=Nc2nc(-c3ccccc3)ns2)c(C)c1. The predicted molar refractivity (Wildman–Crippen MR) is 156 cm³/mol. The number of quaternary nitrogens is 1. The third-order valence-corrected chi connectivity index (χ3v) is 6.65. The number of rotatable bonds is 10. The maximum Gasteiger partial charge on any atom is 0.249 e. The van der Waals surface area contributed by atoms with Crippen LogP contribution in [-0.2, 0) is 11.3 Å². The number of carbonyl (C=O) groups excluding carboxylic acids is 1. The molecule has 0 saturated heterocycles. The van der Waals surface area contributed by atoms with Crippen molar-refractivity contribution in [2.45, 2.75) is 27.3 Å². The fraction of sp³-hybridized carbons (Fsp3) is 0.300. The second-order valence-corrected chi connectivity index (χ2v) is 10.5. The number of carboxylic acids is 1. The molecular weight excluding hydrogens is 508 g/mol. The highest BCUT2D eigenvalue weighted by Crippen LogP contribution is 2.28. The minimum absolute atomic E-state index is 0.556. The molecule has 39 heavy (non-hydrogen) atoms. The molecule has 204 valence electrons. The van der Waals surface area contributed by atoms with Crippen molar-refractivity contribution in [1.29, 1.82) is 0 Å². The molecule has 3 aromatic carbocycles. The van der Waals surface area contributed by atoms with E-state index in [0.29, 0.717) is 11.0 Å². The van der Waals surface area contributed by atoms with Crippen LogP contribution in [0, 0.1) is 6.92 Å². The summed E-state index contributed by atoms with van der Waals surface area (Å²) in [5.41, 5.74) is 5.51. The van der Waals surface area contributed by atoms with E-state index in [0.717, 1.165) is 54.4 Å². The van der Waals surface area contributed by atoms with Gasteiger partial charge in [-0.05, 0) is 44.5 Å². The summed E-state index contributed by atoms with van der Waals surface area (Å²) in [6.07, 6.45) is 0. The van der Waals surface area contributed by atoms with Crippen LogP contribution in [0.1, 0.15) is 25.0 Å². The summed E-state index contributed by atoms with van der Waals surface area (Å²) in [7, 11) is 4.60. The maximum atomic E-state index is 8.89. The lowest BCUT2D eigenvalue weighted by Gasteiger charge is -2.33. The van der Waals surface area contributed by atoms with E-state index in [4.69, 9.17) is 9.90 Å². The molecule has 0 N–H and O–H groups in total. The number of anilines is 1. The quantitative estimate of drug-likeness (QED) is 0.186. The van der Waals surface area contributed by atoms with Crippen LogP contribution in [-0.4, -0.2) is 53.5 Å². The number of aliphatic carboxylic acids is 1. The lowest BCUT2D eigenvalue weighted by molar-refractivity contribution is -0.902. The number of benzene rings is 3. The fourth-order valence-corrected chi connectivity index (χ4v) is 4.54. The number of aryl methyl sites for hydroxylation is 1. The van der Waals surface area contributed by atoms with Gasteiger partial charge < -0.3 is 19.3 Å². The molecule has 8 nitrogen and oxygen atoms in total. The van der Waals surface area contributed by atoms with Crippen molar-refractivity contribution in [3.05, 3.63) is 90.0 Å². The molecule has 0 aliphatic rings. The van der Waals surface area contributed by atoms with Crippen molar-refractivity contribution >= 4 is 34.0 Å². The molecule has 0 atom stereocenters. The smallest absolute Gasteiger partial charge is 0.249 e. The molecule has 0 spiro atoms. The fourth-order valence-electron chi connectivity index (χ4n) is 4.02. The van der Waals surface area contributed by atoms with Crippen LogP contribution in [0.5, 0.6) is 0 Å². The zero-order valence-electron chi connectivity index (χ0n) is 23.2. The molecule has 0 amide bonds. The molecule has 1 heterocycles. The highest BCUT2D eigenvalue weighted by molar-refractivity contribution is 7.09. The van der Waals surface area contributed by atoms with Crippen LogP contribution in [0.4, 0.5) is 16.5 Å². The third kappa shape index (κ3) is 9.70. The summed E-state index contributed by atoms with van der Waals surface area (Å²) in [5.74, 6) is -0.399. The van der Waals surface area contributed by atoms with Crippen LogP contribution in [0.3, 0.4) is 0 Å². The van der Waals surface area contributed by atoms with E-state index in [2.05, 4.69) is 94.9 Å². The molecule has 0 radical (unpaired) electrons. The maximum absolute atomic E-state index is 8.89. The molecule has 9 heteroatoms. The van der Waals surface area contributed by atoms with Gasteiger partial charge in [-0.15, -0.1) is 10.2 Å². The number of carboxylic acid groups (broad SMARTS) is 1. The number of aromatic nitrogens is 2. The van der Waals surface area contributed by atoms with Gasteiger partial charge >= 0.3 is 0 Å². The number of nitrogens with zero attached hydrogens (tertiary/aromatic N) is 6. The molecule has 1 aromatic heterocycles. The Morgan fingerprint density at radius 2 is 1.64 bits per heavy atom. The average Bonchev–Trinajstić information content (AvgIpc) is 3.38.